The highest BCUT2D eigenvalue weighted by Gasteiger charge is 2.21. The van der Waals surface area contributed by atoms with Crippen LogP contribution in [0, 0.1) is 5.92 Å². The van der Waals surface area contributed by atoms with Gasteiger partial charge in [-0.2, -0.15) is 0 Å². The molecule has 1 heterocycles. The van der Waals surface area contributed by atoms with Crippen molar-refractivity contribution in [3.8, 4) is 0 Å². The molecule has 0 aliphatic carbocycles. The molecule has 24 heavy (non-hydrogen) atoms. The van der Waals surface area contributed by atoms with Gasteiger partial charge in [-0.1, -0.05) is 85.8 Å². The molecule has 2 aromatic carbocycles. The van der Waals surface area contributed by atoms with Crippen LogP contribution >= 0.6 is 11.3 Å². The minimum Gasteiger partial charge on any atom is -0.300 e. The first-order valence-corrected chi connectivity index (χ1v) is 8.71. The van der Waals surface area contributed by atoms with Crippen LogP contribution in [0.2, 0.25) is 0 Å². The normalized spacial score (nSPS) is 11.0. The smallest absolute Gasteiger partial charge is 0.228 e. The molecule has 0 fully saturated rings. The Labute approximate surface area is 145 Å². The SMILES string of the molecule is CC(C)C(=O)Nc1nnc(C(c2ccccc2)c2ccccc2)s1. The number of hydrogen-bond donors (Lipinski definition) is 1. The zero-order valence-electron chi connectivity index (χ0n) is 13.6. The van der Waals surface area contributed by atoms with E-state index in [1.807, 2.05) is 50.2 Å². The molecule has 4 nitrogen and oxygen atoms in total. The Bertz CT molecular complexity index is 760. The van der Waals surface area contributed by atoms with Gasteiger partial charge in [0.15, 0.2) is 0 Å². The van der Waals surface area contributed by atoms with Crippen LogP contribution in [-0.2, 0) is 4.79 Å². The minimum absolute atomic E-state index is 0.00889. The number of hydrogen-bond acceptors (Lipinski definition) is 4. The topological polar surface area (TPSA) is 54.9 Å². The fourth-order valence-electron chi connectivity index (χ4n) is 2.42. The number of amides is 1. The standard InChI is InChI=1S/C19H19N3OS/c1-13(2)17(23)20-19-22-21-18(24-19)16(14-9-5-3-6-10-14)15-11-7-4-8-12-15/h3-13,16H,1-2H3,(H,20,22,23). The summed E-state index contributed by atoms with van der Waals surface area (Å²) >= 11 is 1.42. The van der Waals surface area contributed by atoms with E-state index in [1.165, 1.54) is 11.3 Å². The van der Waals surface area contributed by atoms with E-state index in [2.05, 4.69) is 39.8 Å². The molecule has 0 saturated carbocycles. The molecule has 1 amide bonds. The maximum Gasteiger partial charge on any atom is 0.228 e. The molecule has 1 N–H and O–H groups in total. The number of aromatic nitrogens is 2. The third-order valence-electron chi connectivity index (χ3n) is 3.71. The number of anilines is 1. The summed E-state index contributed by atoms with van der Waals surface area (Å²) in [6, 6.07) is 20.4. The Kier molecular flexibility index (Phi) is 5.01. The molecule has 5 heteroatoms. The lowest BCUT2D eigenvalue weighted by Crippen LogP contribution is -2.17. The summed E-state index contributed by atoms with van der Waals surface area (Å²) in [6.45, 7) is 3.71. The Hall–Kier alpha value is -2.53. The first-order chi connectivity index (χ1) is 11.6. The molecule has 1 aromatic heterocycles. The third kappa shape index (κ3) is 3.68. The summed E-state index contributed by atoms with van der Waals surface area (Å²) in [7, 11) is 0. The number of benzene rings is 2. The highest BCUT2D eigenvalue weighted by Crippen LogP contribution is 2.34. The number of rotatable bonds is 5. The molecule has 0 spiro atoms. The summed E-state index contributed by atoms with van der Waals surface area (Å²) in [4.78, 5) is 11.9. The Balaban J connectivity index is 1.95. The van der Waals surface area contributed by atoms with E-state index in [9.17, 15) is 4.79 Å². The van der Waals surface area contributed by atoms with Crippen LogP contribution in [0.15, 0.2) is 60.7 Å². The Morgan fingerprint density at radius 1 is 0.917 bits per heavy atom. The van der Waals surface area contributed by atoms with Crippen molar-refractivity contribution in [1.82, 2.24) is 10.2 Å². The van der Waals surface area contributed by atoms with Gasteiger partial charge in [-0.3, -0.25) is 4.79 Å². The van der Waals surface area contributed by atoms with Gasteiger partial charge in [-0.25, -0.2) is 0 Å². The van der Waals surface area contributed by atoms with Gasteiger partial charge in [-0.15, -0.1) is 10.2 Å². The van der Waals surface area contributed by atoms with Crippen molar-refractivity contribution in [2.24, 2.45) is 5.92 Å². The maximum absolute atomic E-state index is 11.9. The Morgan fingerprint density at radius 2 is 1.46 bits per heavy atom. The van der Waals surface area contributed by atoms with E-state index in [0.29, 0.717) is 5.13 Å². The van der Waals surface area contributed by atoms with Gasteiger partial charge in [0.25, 0.3) is 0 Å². The van der Waals surface area contributed by atoms with Crippen molar-refractivity contribution < 1.29 is 4.79 Å². The fourth-order valence-corrected chi connectivity index (χ4v) is 3.32. The molecule has 0 radical (unpaired) electrons. The van der Waals surface area contributed by atoms with Gasteiger partial charge in [0.1, 0.15) is 5.01 Å². The van der Waals surface area contributed by atoms with Gasteiger partial charge in [-0.05, 0) is 11.1 Å². The van der Waals surface area contributed by atoms with Gasteiger partial charge in [0.05, 0.1) is 5.92 Å². The minimum atomic E-state index is -0.0867. The van der Waals surface area contributed by atoms with Gasteiger partial charge in [0.2, 0.25) is 11.0 Å². The van der Waals surface area contributed by atoms with Crippen molar-refractivity contribution in [1.29, 1.82) is 0 Å². The molecule has 122 valence electrons. The fraction of sp³-hybridized carbons (Fsp3) is 0.211. The van der Waals surface area contributed by atoms with Crippen molar-refractivity contribution in [3.63, 3.8) is 0 Å². The number of nitrogens with zero attached hydrogens (tertiary/aromatic N) is 2. The van der Waals surface area contributed by atoms with Crippen molar-refractivity contribution in [2.75, 3.05) is 5.32 Å². The predicted octanol–water partition coefficient (Wildman–Crippen LogP) is 4.31. The van der Waals surface area contributed by atoms with Crippen LogP contribution < -0.4 is 5.32 Å². The van der Waals surface area contributed by atoms with E-state index < -0.39 is 0 Å². The number of carbonyl (C=O) groups excluding carboxylic acids is 1. The summed E-state index contributed by atoms with van der Waals surface area (Å²) in [5.41, 5.74) is 2.31. The molecule has 0 aliphatic rings. The molecular weight excluding hydrogens is 318 g/mol. The average Bonchev–Trinajstić information content (AvgIpc) is 3.05. The molecule has 3 rings (SSSR count). The summed E-state index contributed by atoms with van der Waals surface area (Å²) in [5, 5.41) is 12.7. The third-order valence-corrected chi connectivity index (χ3v) is 4.61. The summed E-state index contributed by atoms with van der Waals surface area (Å²) < 4.78 is 0. The maximum atomic E-state index is 11.9. The zero-order chi connectivity index (χ0) is 16.9. The van der Waals surface area contributed by atoms with E-state index in [1.54, 1.807) is 0 Å². The van der Waals surface area contributed by atoms with E-state index in [4.69, 9.17) is 0 Å². The summed E-state index contributed by atoms with van der Waals surface area (Å²) in [6.07, 6.45) is 0. The second-order valence-corrected chi connectivity index (χ2v) is 6.85. The lowest BCUT2D eigenvalue weighted by Gasteiger charge is -2.14. The quantitative estimate of drug-likeness (QED) is 0.754. The van der Waals surface area contributed by atoms with Crippen molar-refractivity contribution >= 4 is 22.4 Å². The van der Waals surface area contributed by atoms with Crippen LogP contribution in [0.1, 0.15) is 35.9 Å². The molecular formula is C19H19N3OS. The molecule has 0 bridgehead atoms. The monoisotopic (exact) mass is 337 g/mol. The van der Waals surface area contributed by atoms with Crippen LogP contribution in [0.5, 0.6) is 0 Å². The first-order valence-electron chi connectivity index (χ1n) is 7.89. The van der Waals surface area contributed by atoms with Crippen LogP contribution in [0.3, 0.4) is 0 Å². The molecule has 0 unspecified atom stereocenters. The lowest BCUT2D eigenvalue weighted by atomic mass is 9.92. The number of nitrogens with one attached hydrogen (secondary N) is 1. The average molecular weight is 337 g/mol. The largest absolute Gasteiger partial charge is 0.300 e. The van der Waals surface area contributed by atoms with E-state index in [0.717, 1.165) is 16.1 Å². The zero-order valence-corrected chi connectivity index (χ0v) is 14.5. The van der Waals surface area contributed by atoms with Crippen molar-refractivity contribution in [2.45, 2.75) is 19.8 Å². The Morgan fingerprint density at radius 3 is 1.96 bits per heavy atom. The highest BCUT2D eigenvalue weighted by atomic mass is 32.1. The second kappa shape index (κ2) is 7.36. The van der Waals surface area contributed by atoms with Crippen LogP contribution in [0.4, 0.5) is 5.13 Å². The van der Waals surface area contributed by atoms with Crippen molar-refractivity contribution in [3.05, 3.63) is 76.8 Å². The molecule has 3 aromatic rings. The lowest BCUT2D eigenvalue weighted by molar-refractivity contribution is -0.118. The summed E-state index contributed by atoms with van der Waals surface area (Å²) in [5.74, 6) is -0.125. The highest BCUT2D eigenvalue weighted by molar-refractivity contribution is 7.15. The molecule has 0 aliphatic heterocycles. The second-order valence-electron chi connectivity index (χ2n) is 5.84. The van der Waals surface area contributed by atoms with Crippen LogP contribution in [0.25, 0.3) is 0 Å². The van der Waals surface area contributed by atoms with Gasteiger partial charge < -0.3 is 5.32 Å². The molecule has 0 saturated heterocycles. The van der Waals surface area contributed by atoms with Crippen LogP contribution in [-0.4, -0.2) is 16.1 Å². The predicted molar refractivity (Wildman–Crippen MR) is 97.2 cm³/mol. The van der Waals surface area contributed by atoms with E-state index >= 15 is 0 Å². The molecule has 0 atom stereocenters. The van der Waals surface area contributed by atoms with E-state index in [-0.39, 0.29) is 17.7 Å². The number of carbonyl (C=O) groups is 1. The van der Waals surface area contributed by atoms with Gasteiger partial charge >= 0.3 is 0 Å². The van der Waals surface area contributed by atoms with Gasteiger partial charge in [0, 0.05) is 5.92 Å². The first kappa shape index (κ1) is 16.3.